The summed E-state index contributed by atoms with van der Waals surface area (Å²) in [5, 5.41) is 0. The lowest BCUT2D eigenvalue weighted by molar-refractivity contribution is -0.127. The van der Waals surface area contributed by atoms with Crippen molar-refractivity contribution in [3.05, 3.63) is 46.8 Å². The Morgan fingerprint density at radius 1 is 1.27 bits per heavy atom. The van der Waals surface area contributed by atoms with Crippen LogP contribution in [0.3, 0.4) is 0 Å². The Hall–Kier alpha value is -2.61. The lowest BCUT2D eigenvalue weighted by Crippen LogP contribution is -2.27. The quantitative estimate of drug-likeness (QED) is 0.468. The van der Waals surface area contributed by atoms with Gasteiger partial charge in [0.05, 0.1) is 25.6 Å². The van der Waals surface area contributed by atoms with E-state index in [1.807, 2.05) is 34.7 Å². The molecule has 0 spiro atoms. The summed E-state index contributed by atoms with van der Waals surface area (Å²) >= 11 is 3.41. The van der Waals surface area contributed by atoms with Gasteiger partial charge in [-0.3, -0.25) is 4.79 Å². The molecule has 0 bridgehead atoms. The third-order valence-electron chi connectivity index (χ3n) is 5.52. The van der Waals surface area contributed by atoms with Gasteiger partial charge in [0.25, 0.3) is 0 Å². The van der Waals surface area contributed by atoms with Gasteiger partial charge in [0.2, 0.25) is 11.8 Å². The average molecular weight is 473 g/mol. The molecule has 1 aromatic carbocycles. The zero-order valence-electron chi connectivity index (χ0n) is 17.2. The average Bonchev–Trinajstić information content (AvgIpc) is 3.28. The zero-order valence-corrected chi connectivity index (χ0v) is 18.8. The molecule has 0 saturated carbocycles. The van der Waals surface area contributed by atoms with Crippen LogP contribution in [-0.4, -0.2) is 52.1 Å². The SMILES string of the molecule is COc1ccc(CCN2C[C@H](CCOc3nc(Br)cc4ncn(C)c34)CC2=O)cc1. The summed E-state index contributed by atoms with van der Waals surface area (Å²) in [6.45, 7) is 2.05. The molecule has 1 atom stereocenters. The molecule has 0 aliphatic carbocycles. The lowest BCUT2D eigenvalue weighted by Gasteiger charge is -2.17. The summed E-state index contributed by atoms with van der Waals surface area (Å²) in [4.78, 5) is 23.2. The van der Waals surface area contributed by atoms with Gasteiger partial charge in [-0.25, -0.2) is 9.97 Å². The van der Waals surface area contributed by atoms with Gasteiger partial charge in [0.1, 0.15) is 15.9 Å². The van der Waals surface area contributed by atoms with Crippen LogP contribution in [-0.2, 0) is 18.3 Å². The number of fused-ring (bicyclic) bond motifs is 1. The molecule has 30 heavy (non-hydrogen) atoms. The van der Waals surface area contributed by atoms with Gasteiger partial charge in [0, 0.05) is 26.6 Å². The van der Waals surface area contributed by atoms with E-state index in [1.165, 1.54) is 5.56 Å². The molecule has 1 aliphatic heterocycles. The standard InChI is InChI=1S/C22H25BrN4O3/c1-26-14-24-18-12-19(23)25-22(21(18)26)30-10-8-16-11-20(28)27(13-16)9-7-15-3-5-17(29-2)6-4-15/h3-6,12,14,16H,7-11,13H2,1-2H3/t16-/m1/s1. The smallest absolute Gasteiger partial charge is 0.241 e. The van der Waals surface area contributed by atoms with Gasteiger partial charge in [0.15, 0.2) is 0 Å². The zero-order chi connectivity index (χ0) is 21.1. The molecular formula is C22H25BrN4O3. The van der Waals surface area contributed by atoms with Crippen LogP contribution in [0.1, 0.15) is 18.4 Å². The highest BCUT2D eigenvalue weighted by molar-refractivity contribution is 9.10. The number of nitrogens with zero attached hydrogens (tertiary/aromatic N) is 4. The normalized spacial score (nSPS) is 16.4. The number of imidazole rings is 1. The van der Waals surface area contributed by atoms with E-state index in [0.717, 1.165) is 42.7 Å². The maximum Gasteiger partial charge on any atom is 0.241 e. The predicted octanol–water partition coefficient (Wildman–Crippen LogP) is 3.60. The molecule has 1 fully saturated rings. The summed E-state index contributed by atoms with van der Waals surface area (Å²) in [5.74, 6) is 1.95. The van der Waals surface area contributed by atoms with E-state index in [-0.39, 0.29) is 5.91 Å². The van der Waals surface area contributed by atoms with Gasteiger partial charge in [-0.2, -0.15) is 0 Å². The maximum absolute atomic E-state index is 12.4. The van der Waals surface area contributed by atoms with E-state index in [9.17, 15) is 4.79 Å². The molecule has 1 amide bonds. The summed E-state index contributed by atoms with van der Waals surface area (Å²) in [5.41, 5.74) is 2.92. The minimum atomic E-state index is 0.225. The number of carbonyl (C=O) groups is 1. The molecule has 3 aromatic rings. The van der Waals surface area contributed by atoms with Gasteiger partial charge < -0.3 is 18.9 Å². The molecule has 0 unspecified atom stereocenters. The topological polar surface area (TPSA) is 69.5 Å². The molecule has 0 N–H and O–H groups in total. The Morgan fingerprint density at radius 3 is 2.83 bits per heavy atom. The summed E-state index contributed by atoms with van der Waals surface area (Å²) < 4.78 is 13.8. The van der Waals surface area contributed by atoms with Crippen molar-refractivity contribution in [3.8, 4) is 11.6 Å². The van der Waals surface area contributed by atoms with Crippen molar-refractivity contribution < 1.29 is 14.3 Å². The van der Waals surface area contributed by atoms with Crippen molar-refractivity contribution in [1.29, 1.82) is 0 Å². The number of pyridine rings is 1. The second kappa shape index (κ2) is 9.04. The Kier molecular flexibility index (Phi) is 6.22. The second-order valence-electron chi connectivity index (χ2n) is 7.62. The van der Waals surface area contributed by atoms with Gasteiger partial charge >= 0.3 is 0 Å². The number of hydrogen-bond donors (Lipinski definition) is 0. The van der Waals surface area contributed by atoms with E-state index < -0.39 is 0 Å². The van der Waals surface area contributed by atoms with Crippen LogP contribution >= 0.6 is 15.9 Å². The number of amides is 1. The van der Waals surface area contributed by atoms with Crippen LogP contribution < -0.4 is 9.47 Å². The summed E-state index contributed by atoms with van der Waals surface area (Å²) in [6, 6.07) is 9.88. The van der Waals surface area contributed by atoms with Crippen LogP contribution in [0.2, 0.25) is 0 Å². The van der Waals surface area contributed by atoms with Crippen molar-refractivity contribution in [3.63, 3.8) is 0 Å². The number of aromatic nitrogens is 3. The number of carbonyl (C=O) groups excluding carboxylic acids is 1. The molecule has 158 valence electrons. The monoisotopic (exact) mass is 472 g/mol. The molecule has 7 nitrogen and oxygen atoms in total. The molecular weight excluding hydrogens is 448 g/mol. The lowest BCUT2D eigenvalue weighted by atomic mass is 10.1. The molecule has 8 heteroatoms. The number of methoxy groups -OCH3 is 1. The van der Waals surface area contributed by atoms with Crippen molar-refractivity contribution in [2.45, 2.75) is 19.3 Å². The molecule has 3 heterocycles. The molecule has 4 rings (SSSR count). The molecule has 0 radical (unpaired) electrons. The first-order valence-corrected chi connectivity index (χ1v) is 10.8. The Bertz CT molecular complexity index is 1030. The highest BCUT2D eigenvalue weighted by Crippen LogP contribution is 2.27. The van der Waals surface area contributed by atoms with Crippen molar-refractivity contribution in [2.24, 2.45) is 13.0 Å². The second-order valence-corrected chi connectivity index (χ2v) is 8.43. The Morgan fingerprint density at radius 2 is 2.07 bits per heavy atom. The third kappa shape index (κ3) is 4.59. The minimum Gasteiger partial charge on any atom is -0.497 e. The number of rotatable bonds is 8. The van der Waals surface area contributed by atoms with Crippen molar-refractivity contribution in [2.75, 3.05) is 26.8 Å². The number of aryl methyl sites for hydroxylation is 1. The largest absolute Gasteiger partial charge is 0.497 e. The van der Waals surface area contributed by atoms with Gasteiger partial charge in [-0.05, 0) is 58.5 Å². The highest BCUT2D eigenvalue weighted by atomic mass is 79.9. The minimum absolute atomic E-state index is 0.225. The van der Waals surface area contributed by atoms with E-state index in [1.54, 1.807) is 13.4 Å². The first kappa shape index (κ1) is 20.7. The molecule has 1 aliphatic rings. The third-order valence-corrected chi connectivity index (χ3v) is 5.93. The van der Waals surface area contributed by atoms with E-state index in [4.69, 9.17) is 9.47 Å². The maximum atomic E-state index is 12.4. The fraction of sp³-hybridized carbons (Fsp3) is 0.409. The molecule has 2 aromatic heterocycles. The van der Waals surface area contributed by atoms with Crippen LogP contribution in [0, 0.1) is 5.92 Å². The number of hydrogen-bond acceptors (Lipinski definition) is 5. The predicted molar refractivity (Wildman–Crippen MR) is 118 cm³/mol. The first-order chi connectivity index (χ1) is 14.5. The van der Waals surface area contributed by atoms with Crippen LogP contribution in [0.5, 0.6) is 11.6 Å². The van der Waals surface area contributed by atoms with E-state index in [2.05, 4.69) is 38.0 Å². The van der Waals surface area contributed by atoms with E-state index >= 15 is 0 Å². The first-order valence-electron chi connectivity index (χ1n) is 10.0. The van der Waals surface area contributed by atoms with Gasteiger partial charge in [-0.15, -0.1) is 0 Å². The Balaban J connectivity index is 1.28. The number of benzene rings is 1. The summed E-state index contributed by atoms with van der Waals surface area (Å²) in [7, 11) is 3.59. The fourth-order valence-corrected chi connectivity index (χ4v) is 4.23. The highest BCUT2D eigenvalue weighted by Gasteiger charge is 2.29. The van der Waals surface area contributed by atoms with Crippen molar-refractivity contribution >= 4 is 32.9 Å². The number of ether oxygens (including phenoxy) is 2. The van der Waals surface area contributed by atoms with Crippen LogP contribution in [0.15, 0.2) is 41.3 Å². The fourth-order valence-electron chi connectivity index (χ4n) is 3.85. The van der Waals surface area contributed by atoms with Crippen LogP contribution in [0.25, 0.3) is 11.0 Å². The number of likely N-dealkylation sites (tertiary alicyclic amines) is 1. The van der Waals surface area contributed by atoms with E-state index in [0.29, 0.717) is 29.4 Å². The Labute approximate surface area is 184 Å². The van der Waals surface area contributed by atoms with Crippen LogP contribution in [0.4, 0.5) is 0 Å². The number of halogens is 1. The van der Waals surface area contributed by atoms with Gasteiger partial charge in [-0.1, -0.05) is 12.1 Å². The molecule has 1 saturated heterocycles. The van der Waals surface area contributed by atoms with Crippen molar-refractivity contribution in [1.82, 2.24) is 19.4 Å². The summed E-state index contributed by atoms with van der Waals surface area (Å²) in [6.07, 6.45) is 4.00.